The van der Waals surface area contributed by atoms with Gasteiger partial charge in [-0.05, 0) is 64.4 Å². The third-order valence-corrected chi connectivity index (χ3v) is 7.13. The number of methoxy groups -OCH3 is 1. The summed E-state index contributed by atoms with van der Waals surface area (Å²) in [6.45, 7) is 10.3. The van der Waals surface area contributed by atoms with Crippen LogP contribution in [0.5, 0.6) is 5.75 Å². The largest absolute Gasteiger partial charge is 0.507 e. The number of ether oxygens (including phenoxy) is 1. The molecule has 0 aromatic heterocycles. The highest BCUT2D eigenvalue weighted by Gasteiger charge is 2.47. The number of hydrogen-bond donors (Lipinski definition) is 1. The van der Waals surface area contributed by atoms with E-state index in [2.05, 4.69) is 20.8 Å². The molecule has 198 valence electrons. The molecule has 7 heteroatoms. The molecule has 0 radical (unpaired) electrons. The van der Waals surface area contributed by atoms with Crippen molar-refractivity contribution < 1.29 is 23.8 Å². The monoisotopic (exact) mass is 535 g/mol. The zero-order valence-corrected chi connectivity index (χ0v) is 23.1. The van der Waals surface area contributed by atoms with Crippen molar-refractivity contribution in [3.8, 4) is 5.75 Å². The summed E-state index contributed by atoms with van der Waals surface area (Å²) >= 11 is 6.04. The molecule has 0 aliphatic carbocycles. The van der Waals surface area contributed by atoms with E-state index in [0.29, 0.717) is 16.9 Å². The fourth-order valence-electron chi connectivity index (χ4n) is 4.70. The van der Waals surface area contributed by atoms with Crippen LogP contribution < -0.4 is 9.64 Å². The van der Waals surface area contributed by atoms with Crippen LogP contribution in [0, 0.1) is 5.82 Å². The molecule has 0 saturated carbocycles. The predicted molar refractivity (Wildman–Crippen MR) is 148 cm³/mol. The van der Waals surface area contributed by atoms with E-state index in [0.717, 1.165) is 17.2 Å². The normalized spacial score (nSPS) is 17.4. The summed E-state index contributed by atoms with van der Waals surface area (Å²) in [5.74, 6) is -1.87. The smallest absolute Gasteiger partial charge is 0.300 e. The standard InChI is InChI=1S/C31H31ClFNO4/c1-17(2)22-15-19(9-14-25(22)38-6)28(35)26-27(18-7-10-20(11-8-18)31(3,4)5)34(30(37)29(26)36)21-12-13-24(33)23(32)16-21/h7-17,27,35H,1-6H3/b28-26-. The van der Waals surface area contributed by atoms with Crippen molar-refractivity contribution >= 4 is 34.7 Å². The molecular formula is C31H31ClFNO4. The maximum atomic E-state index is 14.0. The van der Waals surface area contributed by atoms with E-state index in [1.807, 2.05) is 38.1 Å². The first kappa shape index (κ1) is 27.4. The fraction of sp³-hybridized carbons (Fsp3) is 0.290. The highest BCUT2D eigenvalue weighted by atomic mass is 35.5. The highest BCUT2D eigenvalue weighted by molar-refractivity contribution is 6.51. The van der Waals surface area contributed by atoms with Crippen molar-refractivity contribution in [2.24, 2.45) is 0 Å². The number of hydrogen-bond acceptors (Lipinski definition) is 4. The summed E-state index contributed by atoms with van der Waals surface area (Å²) in [5.41, 5.74) is 3.01. The Morgan fingerprint density at radius 1 is 1.03 bits per heavy atom. The lowest BCUT2D eigenvalue weighted by Gasteiger charge is -2.27. The van der Waals surface area contributed by atoms with E-state index < -0.39 is 23.5 Å². The number of benzene rings is 3. The van der Waals surface area contributed by atoms with Crippen molar-refractivity contribution in [2.45, 2.75) is 52.0 Å². The van der Waals surface area contributed by atoms with Gasteiger partial charge in [-0.2, -0.15) is 0 Å². The second kappa shape index (κ2) is 10.3. The van der Waals surface area contributed by atoms with Gasteiger partial charge in [0.1, 0.15) is 17.3 Å². The summed E-state index contributed by atoms with van der Waals surface area (Å²) in [6.07, 6.45) is 0. The number of halogens is 2. The summed E-state index contributed by atoms with van der Waals surface area (Å²) in [7, 11) is 1.57. The van der Waals surface area contributed by atoms with Gasteiger partial charge in [0, 0.05) is 11.3 Å². The van der Waals surface area contributed by atoms with Crippen LogP contribution in [-0.2, 0) is 15.0 Å². The SMILES string of the molecule is COc1ccc(/C(O)=C2/C(=O)C(=O)N(c3ccc(F)c(Cl)c3)C2c2ccc(C(C)(C)C)cc2)cc1C(C)C. The van der Waals surface area contributed by atoms with E-state index >= 15 is 0 Å². The Morgan fingerprint density at radius 2 is 1.68 bits per heavy atom. The molecule has 1 N–H and O–H groups in total. The van der Waals surface area contributed by atoms with E-state index in [4.69, 9.17) is 16.3 Å². The third-order valence-electron chi connectivity index (χ3n) is 6.84. The molecule has 3 aromatic rings. The zero-order valence-electron chi connectivity index (χ0n) is 22.3. The molecular weight excluding hydrogens is 505 g/mol. The lowest BCUT2D eigenvalue weighted by molar-refractivity contribution is -0.132. The van der Waals surface area contributed by atoms with Crippen LogP contribution in [0.3, 0.4) is 0 Å². The van der Waals surface area contributed by atoms with Gasteiger partial charge in [-0.15, -0.1) is 0 Å². The predicted octanol–water partition coefficient (Wildman–Crippen LogP) is 7.53. The van der Waals surface area contributed by atoms with Crippen molar-refractivity contribution in [3.63, 3.8) is 0 Å². The van der Waals surface area contributed by atoms with Gasteiger partial charge in [0.05, 0.1) is 23.7 Å². The number of nitrogens with zero attached hydrogens (tertiary/aromatic N) is 1. The van der Waals surface area contributed by atoms with E-state index in [-0.39, 0.29) is 33.4 Å². The van der Waals surface area contributed by atoms with Crippen LogP contribution in [0.25, 0.3) is 5.76 Å². The molecule has 0 spiro atoms. The number of Topliss-reactive ketones (excluding diaryl/α,β-unsaturated/α-hetero) is 1. The molecule has 1 aliphatic heterocycles. The van der Waals surface area contributed by atoms with E-state index in [1.54, 1.807) is 25.3 Å². The van der Waals surface area contributed by atoms with Crippen molar-refractivity contribution in [2.75, 3.05) is 12.0 Å². The van der Waals surface area contributed by atoms with Gasteiger partial charge in [0.2, 0.25) is 0 Å². The first-order valence-electron chi connectivity index (χ1n) is 12.4. The molecule has 5 nitrogen and oxygen atoms in total. The van der Waals surface area contributed by atoms with Crippen molar-refractivity contribution in [3.05, 3.63) is 99.3 Å². The quantitative estimate of drug-likeness (QED) is 0.208. The number of carbonyl (C=O) groups excluding carboxylic acids is 2. The first-order valence-corrected chi connectivity index (χ1v) is 12.8. The lowest BCUT2D eigenvalue weighted by Crippen LogP contribution is -2.29. The Hall–Kier alpha value is -3.64. The molecule has 38 heavy (non-hydrogen) atoms. The number of amides is 1. The average molecular weight is 536 g/mol. The number of carbonyl (C=O) groups is 2. The van der Waals surface area contributed by atoms with Crippen LogP contribution in [-0.4, -0.2) is 23.9 Å². The van der Waals surface area contributed by atoms with Gasteiger partial charge in [0.25, 0.3) is 11.7 Å². The zero-order chi connectivity index (χ0) is 27.9. The number of aliphatic hydroxyl groups excluding tert-OH is 1. The Kier molecular flexibility index (Phi) is 7.39. The van der Waals surface area contributed by atoms with Gasteiger partial charge in [-0.1, -0.05) is 70.5 Å². The minimum absolute atomic E-state index is 0.0566. The molecule has 1 fully saturated rings. The van der Waals surface area contributed by atoms with Crippen LogP contribution in [0.1, 0.15) is 68.8 Å². The molecule has 1 heterocycles. The highest BCUT2D eigenvalue weighted by Crippen LogP contribution is 2.44. The Bertz CT molecular complexity index is 1440. The van der Waals surface area contributed by atoms with Gasteiger partial charge < -0.3 is 9.84 Å². The van der Waals surface area contributed by atoms with Crippen LogP contribution in [0.4, 0.5) is 10.1 Å². The van der Waals surface area contributed by atoms with Gasteiger partial charge in [-0.3, -0.25) is 14.5 Å². The summed E-state index contributed by atoms with van der Waals surface area (Å²) in [6, 6.07) is 15.6. The molecule has 0 bridgehead atoms. The van der Waals surface area contributed by atoms with Crippen LogP contribution in [0.15, 0.2) is 66.2 Å². The molecule has 1 saturated heterocycles. The van der Waals surface area contributed by atoms with Crippen LogP contribution >= 0.6 is 11.6 Å². The van der Waals surface area contributed by atoms with Crippen molar-refractivity contribution in [1.82, 2.24) is 0 Å². The summed E-state index contributed by atoms with van der Waals surface area (Å²) in [5, 5.41) is 11.3. The molecule has 1 atom stereocenters. The third kappa shape index (κ3) is 4.93. The molecule has 3 aromatic carbocycles. The topological polar surface area (TPSA) is 66.8 Å². The second-order valence-electron chi connectivity index (χ2n) is 10.8. The number of ketones is 1. The minimum atomic E-state index is -0.949. The average Bonchev–Trinajstić information content (AvgIpc) is 3.14. The number of rotatable bonds is 5. The molecule has 4 rings (SSSR count). The second-order valence-corrected chi connectivity index (χ2v) is 11.2. The molecule has 1 unspecified atom stereocenters. The van der Waals surface area contributed by atoms with Gasteiger partial charge in [-0.25, -0.2) is 4.39 Å². The minimum Gasteiger partial charge on any atom is -0.507 e. The number of anilines is 1. The maximum absolute atomic E-state index is 14.0. The van der Waals surface area contributed by atoms with Crippen LogP contribution in [0.2, 0.25) is 5.02 Å². The fourth-order valence-corrected chi connectivity index (χ4v) is 4.88. The van der Waals surface area contributed by atoms with Gasteiger partial charge in [0.15, 0.2) is 0 Å². The summed E-state index contributed by atoms with van der Waals surface area (Å²) in [4.78, 5) is 28.1. The molecule has 1 amide bonds. The van der Waals surface area contributed by atoms with Gasteiger partial charge >= 0.3 is 0 Å². The molecule has 1 aliphatic rings. The van der Waals surface area contributed by atoms with E-state index in [9.17, 15) is 19.1 Å². The first-order chi connectivity index (χ1) is 17.8. The summed E-state index contributed by atoms with van der Waals surface area (Å²) < 4.78 is 19.4. The Morgan fingerprint density at radius 3 is 2.24 bits per heavy atom. The Labute approximate surface area is 227 Å². The lowest BCUT2D eigenvalue weighted by atomic mass is 9.85. The van der Waals surface area contributed by atoms with E-state index in [1.165, 1.54) is 17.0 Å². The Balaban J connectivity index is 1.95. The number of aliphatic hydroxyl groups is 1. The maximum Gasteiger partial charge on any atom is 0.300 e. The van der Waals surface area contributed by atoms with Crippen molar-refractivity contribution in [1.29, 1.82) is 0 Å².